The molecule has 1 aromatic heterocycles. The largest absolute Gasteiger partial charge is 0.497 e. The van der Waals surface area contributed by atoms with E-state index >= 15 is 0 Å². The number of hydrogen-bond acceptors (Lipinski definition) is 7. The van der Waals surface area contributed by atoms with Crippen LogP contribution in [-0.4, -0.2) is 43.3 Å². The van der Waals surface area contributed by atoms with Crippen LogP contribution in [-0.2, 0) is 16.1 Å². The number of carbonyl (C=O) groups excluding carboxylic acids is 1. The molecule has 2 rings (SSSR count). The van der Waals surface area contributed by atoms with Crippen molar-refractivity contribution >= 4 is 23.2 Å². The number of aryl methyl sites for hydroxylation is 1. The highest BCUT2D eigenvalue weighted by Crippen LogP contribution is 2.32. The van der Waals surface area contributed by atoms with E-state index in [4.69, 9.17) is 14.2 Å². The molecule has 0 aliphatic carbocycles. The smallest absolute Gasteiger partial charge is 0.305 e. The number of benzene rings is 1. The fraction of sp³-hybridized carbons (Fsp3) is 0.389. The molecule has 0 saturated heterocycles. The van der Waals surface area contributed by atoms with Crippen molar-refractivity contribution < 1.29 is 28.9 Å². The summed E-state index contributed by atoms with van der Waals surface area (Å²) in [5.74, 6) is -0.434. The van der Waals surface area contributed by atoms with Gasteiger partial charge in [-0.05, 0) is 19.1 Å². The van der Waals surface area contributed by atoms with E-state index < -0.39 is 17.9 Å². The van der Waals surface area contributed by atoms with Gasteiger partial charge in [0.2, 0.25) is 0 Å². The first-order valence-corrected chi connectivity index (χ1v) is 8.91. The molecule has 1 amide bonds. The summed E-state index contributed by atoms with van der Waals surface area (Å²) in [6, 6.07) is 4.24. The molecular weight excluding hydrogens is 372 g/mol. The van der Waals surface area contributed by atoms with Gasteiger partial charge in [-0.1, -0.05) is 0 Å². The lowest BCUT2D eigenvalue weighted by Gasteiger charge is -2.20. The minimum Gasteiger partial charge on any atom is -0.497 e. The Labute approximate surface area is 161 Å². The van der Waals surface area contributed by atoms with Gasteiger partial charge in [0.1, 0.15) is 21.4 Å². The zero-order chi connectivity index (χ0) is 20.0. The molecule has 1 atom stereocenters. The summed E-state index contributed by atoms with van der Waals surface area (Å²) in [5.41, 5.74) is 1.12. The molecule has 146 valence electrons. The van der Waals surface area contributed by atoms with Gasteiger partial charge < -0.3 is 24.6 Å². The number of nitrogens with one attached hydrogen (secondary N) is 1. The summed E-state index contributed by atoms with van der Waals surface area (Å²) in [5, 5.41) is 12.7. The summed E-state index contributed by atoms with van der Waals surface area (Å²) in [6.07, 6.45) is -0.294. The van der Waals surface area contributed by atoms with Gasteiger partial charge in [0.25, 0.3) is 5.91 Å². The predicted molar refractivity (Wildman–Crippen MR) is 99.6 cm³/mol. The molecule has 2 aromatic rings. The average Bonchev–Trinajstić information content (AvgIpc) is 3.01. The molecule has 0 spiro atoms. The Morgan fingerprint density at radius 2 is 2.00 bits per heavy atom. The zero-order valence-electron chi connectivity index (χ0n) is 15.6. The van der Waals surface area contributed by atoms with Crippen molar-refractivity contribution in [2.24, 2.45) is 0 Å². The number of methoxy groups -OCH3 is 3. The molecule has 0 fully saturated rings. The number of nitrogens with zero attached hydrogens (tertiary/aromatic N) is 1. The standard InChI is InChI=1S/C18H22N2O6S/c1-10-17(27-15(19-10)9-24-2)18(23)20-13(8-16(21)22)12-6-5-11(25-3)7-14(12)26-4/h5-7,13H,8-9H2,1-4H3,(H,20,23)(H,21,22). The normalized spacial score (nSPS) is 11.7. The fourth-order valence-electron chi connectivity index (χ4n) is 2.59. The van der Waals surface area contributed by atoms with Gasteiger partial charge in [-0.15, -0.1) is 11.3 Å². The van der Waals surface area contributed by atoms with E-state index in [1.165, 1.54) is 25.6 Å². The van der Waals surface area contributed by atoms with Crippen LogP contribution < -0.4 is 14.8 Å². The minimum atomic E-state index is -1.04. The van der Waals surface area contributed by atoms with Crippen molar-refractivity contribution in [1.82, 2.24) is 10.3 Å². The van der Waals surface area contributed by atoms with Crippen LogP contribution in [0.4, 0.5) is 0 Å². The first-order chi connectivity index (χ1) is 12.9. The maximum absolute atomic E-state index is 12.7. The first-order valence-electron chi connectivity index (χ1n) is 8.09. The Balaban J connectivity index is 2.32. The molecular formula is C18H22N2O6S. The van der Waals surface area contributed by atoms with Gasteiger partial charge in [-0.2, -0.15) is 0 Å². The number of carboxylic acid groups (broad SMARTS) is 1. The Morgan fingerprint density at radius 3 is 2.59 bits per heavy atom. The number of ether oxygens (including phenoxy) is 3. The van der Waals surface area contributed by atoms with Gasteiger partial charge in [-0.25, -0.2) is 4.98 Å². The van der Waals surface area contributed by atoms with Crippen LogP contribution in [0, 0.1) is 6.92 Å². The summed E-state index contributed by atoms with van der Waals surface area (Å²) in [4.78, 5) is 28.8. The van der Waals surface area contributed by atoms with E-state index in [0.717, 1.165) is 0 Å². The van der Waals surface area contributed by atoms with E-state index in [9.17, 15) is 14.7 Å². The number of aliphatic carboxylic acids is 1. The van der Waals surface area contributed by atoms with Crippen molar-refractivity contribution in [3.8, 4) is 11.5 Å². The van der Waals surface area contributed by atoms with Crippen LogP contribution in [0.1, 0.15) is 38.4 Å². The summed E-state index contributed by atoms with van der Waals surface area (Å²) in [6.45, 7) is 2.04. The maximum atomic E-state index is 12.7. The van der Waals surface area contributed by atoms with Gasteiger partial charge in [0, 0.05) is 18.7 Å². The molecule has 0 saturated carbocycles. The second kappa shape index (κ2) is 9.33. The summed E-state index contributed by atoms with van der Waals surface area (Å²) in [7, 11) is 4.55. The monoisotopic (exact) mass is 394 g/mol. The quantitative estimate of drug-likeness (QED) is 0.673. The third-order valence-electron chi connectivity index (χ3n) is 3.82. The Bertz CT molecular complexity index is 820. The number of aromatic nitrogens is 1. The van der Waals surface area contributed by atoms with Crippen molar-refractivity contribution in [1.29, 1.82) is 0 Å². The van der Waals surface area contributed by atoms with Crippen LogP contribution in [0.3, 0.4) is 0 Å². The van der Waals surface area contributed by atoms with E-state index in [1.807, 2.05) is 0 Å². The van der Waals surface area contributed by atoms with Crippen molar-refractivity contribution in [2.45, 2.75) is 26.0 Å². The number of amides is 1. The lowest BCUT2D eigenvalue weighted by Crippen LogP contribution is -2.30. The number of rotatable bonds is 9. The first kappa shape index (κ1) is 20.7. The number of carboxylic acids is 1. The summed E-state index contributed by atoms with van der Waals surface area (Å²) >= 11 is 1.22. The molecule has 0 aliphatic rings. The van der Waals surface area contributed by atoms with E-state index in [-0.39, 0.29) is 6.42 Å². The van der Waals surface area contributed by atoms with Crippen LogP contribution in [0.15, 0.2) is 18.2 Å². The predicted octanol–water partition coefficient (Wildman–Crippen LogP) is 2.56. The number of hydrogen-bond donors (Lipinski definition) is 2. The molecule has 9 heteroatoms. The third kappa shape index (κ3) is 5.18. The van der Waals surface area contributed by atoms with Crippen molar-refractivity contribution in [3.05, 3.63) is 39.3 Å². The van der Waals surface area contributed by atoms with Gasteiger partial charge in [0.05, 0.1) is 39.0 Å². The SMILES string of the molecule is COCc1nc(C)c(C(=O)NC(CC(=O)O)c2ccc(OC)cc2OC)s1. The Morgan fingerprint density at radius 1 is 1.26 bits per heavy atom. The lowest BCUT2D eigenvalue weighted by atomic mass is 10.0. The zero-order valence-corrected chi connectivity index (χ0v) is 16.4. The Hall–Kier alpha value is -2.65. The van der Waals surface area contributed by atoms with Gasteiger partial charge in [0.15, 0.2) is 0 Å². The van der Waals surface area contributed by atoms with E-state index in [1.54, 1.807) is 32.2 Å². The van der Waals surface area contributed by atoms with Crippen LogP contribution in [0.5, 0.6) is 11.5 Å². The highest BCUT2D eigenvalue weighted by molar-refractivity contribution is 7.13. The van der Waals surface area contributed by atoms with E-state index in [0.29, 0.717) is 39.2 Å². The fourth-order valence-corrected chi connectivity index (χ4v) is 3.53. The molecule has 1 unspecified atom stereocenters. The molecule has 1 aromatic carbocycles. The molecule has 8 nitrogen and oxygen atoms in total. The van der Waals surface area contributed by atoms with Crippen molar-refractivity contribution in [2.75, 3.05) is 21.3 Å². The topological polar surface area (TPSA) is 107 Å². The molecule has 0 aliphatic heterocycles. The van der Waals surface area contributed by atoms with Crippen LogP contribution in [0.2, 0.25) is 0 Å². The third-order valence-corrected chi connectivity index (χ3v) is 4.94. The molecule has 2 N–H and O–H groups in total. The second-order valence-electron chi connectivity index (χ2n) is 5.69. The van der Waals surface area contributed by atoms with Crippen LogP contribution in [0.25, 0.3) is 0 Å². The summed E-state index contributed by atoms with van der Waals surface area (Å²) < 4.78 is 15.6. The maximum Gasteiger partial charge on any atom is 0.305 e. The molecule has 1 heterocycles. The number of thiazole rings is 1. The average molecular weight is 394 g/mol. The highest BCUT2D eigenvalue weighted by atomic mass is 32.1. The van der Waals surface area contributed by atoms with E-state index in [2.05, 4.69) is 10.3 Å². The number of carbonyl (C=O) groups is 2. The van der Waals surface area contributed by atoms with Crippen LogP contribution >= 0.6 is 11.3 Å². The Kier molecular flexibility index (Phi) is 7.14. The van der Waals surface area contributed by atoms with Gasteiger partial charge in [-0.3, -0.25) is 9.59 Å². The van der Waals surface area contributed by atoms with Crippen molar-refractivity contribution in [3.63, 3.8) is 0 Å². The molecule has 0 bridgehead atoms. The molecule has 27 heavy (non-hydrogen) atoms. The lowest BCUT2D eigenvalue weighted by molar-refractivity contribution is -0.137. The highest BCUT2D eigenvalue weighted by Gasteiger charge is 2.24. The second-order valence-corrected chi connectivity index (χ2v) is 6.77. The molecule has 0 radical (unpaired) electrons. The van der Waals surface area contributed by atoms with Gasteiger partial charge >= 0.3 is 5.97 Å². The minimum absolute atomic E-state index is 0.294.